The van der Waals surface area contributed by atoms with Crippen LogP contribution in [0.15, 0.2) is 29.2 Å². The smallest absolute Gasteiger partial charge is 0.235 e. The highest BCUT2D eigenvalue weighted by Gasteiger charge is 2.23. The number of amides is 1. The van der Waals surface area contributed by atoms with Crippen LogP contribution >= 0.6 is 11.8 Å². The highest BCUT2D eigenvalue weighted by Crippen LogP contribution is 2.27. The fourth-order valence-corrected chi connectivity index (χ4v) is 3.34. The average molecular weight is 278 g/mol. The number of hydrogen-bond donors (Lipinski definition) is 1. The number of thioether (sulfide) groups is 1. The van der Waals surface area contributed by atoms with E-state index in [1.807, 2.05) is 36.9 Å². The molecule has 3 nitrogen and oxygen atoms in total. The summed E-state index contributed by atoms with van der Waals surface area (Å²) in [6, 6.07) is 8.20. The van der Waals surface area contributed by atoms with Gasteiger partial charge in [-0.05, 0) is 44.4 Å². The summed E-state index contributed by atoms with van der Waals surface area (Å²) in [5.74, 6) is 0.258. The zero-order valence-electron chi connectivity index (χ0n) is 11.6. The summed E-state index contributed by atoms with van der Waals surface area (Å²) in [5.41, 5.74) is 7.00. The first kappa shape index (κ1) is 14.4. The summed E-state index contributed by atoms with van der Waals surface area (Å²) >= 11 is 1.62. The molecule has 0 radical (unpaired) electrons. The first-order valence-electron chi connectivity index (χ1n) is 6.89. The van der Waals surface area contributed by atoms with Crippen LogP contribution in [0.5, 0.6) is 0 Å². The Bertz CT molecular complexity index is 442. The van der Waals surface area contributed by atoms with Crippen molar-refractivity contribution in [3.05, 3.63) is 29.8 Å². The Balaban J connectivity index is 1.99. The highest BCUT2D eigenvalue weighted by atomic mass is 32.2. The summed E-state index contributed by atoms with van der Waals surface area (Å²) < 4.78 is 0. The van der Waals surface area contributed by atoms with Gasteiger partial charge in [-0.2, -0.15) is 0 Å². The molecule has 1 aliphatic rings. The summed E-state index contributed by atoms with van der Waals surface area (Å²) in [5, 5.41) is -0.0265. The van der Waals surface area contributed by atoms with Gasteiger partial charge in [0.2, 0.25) is 5.91 Å². The van der Waals surface area contributed by atoms with Crippen molar-refractivity contribution in [2.24, 2.45) is 5.73 Å². The van der Waals surface area contributed by atoms with Crippen molar-refractivity contribution in [3.63, 3.8) is 0 Å². The maximum absolute atomic E-state index is 12.2. The zero-order chi connectivity index (χ0) is 13.8. The molecule has 0 aromatic heterocycles. The minimum atomic E-state index is -0.0265. The molecule has 2 N–H and O–H groups in total. The van der Waals surface area contributed by atoms with Gasteiger partial charge in [0.1, 0.15) is 0 Å². The molecule has 1 fully saturated rings. The standard InChI is InChI=1S/C15H22N2OS/c1-11(16)13-6-5-7-14(10-13)19-12(2)15(18)17-8-3-4-9-17/h5-7,10-12H,3-4,8-9,16H2,1-2H3. The molecule has 2 atom stereocenters. The summed E-state index contributed by atoms with van der Waals surface area (Å²) in [6.45, 7) is 5.81. The second kappa shape index (κ2) is 6.44. The number of benzene rings is 1. The number of nitrogens with two attached hydrogens (primary N) is 1. The normalized spacial score (nSPS) is 18.4. The van der Waals surface area contributed by atoms with Crippen LogP contribution in [0.1, 0.15) is 38.3 Å². The Labute approximate surface area is 119 Å². The van der Waals surface area contributed by atoms with E-state index in [0.29, 0.717) is 0 Å². The molecule has 0 aliphatic carbocycles. The molecule has 0 spiro atoms. The zero-order valence-corrected chi connectivity index (χ0v) is 12.5. The molecule has 19 heavy (non-hydrogen) atoms. The molecule has 1 aromatic rings. The third-order valence-corrected chi connectivity index (χ3v) is 4.54. The maximum atomic E-state index is 12.2. The van der Waals surface area contributed by atoms with Crippen LogP contribution in [0.4, 0.5) is 0 Å². The molecule has 1 amide bonds. The number of carbonyl (C=O) groups is 1. The third-order valence-electron chi connectivity index (χ3n) is 3.46. The lowest BCUT2D eigenvalue weighted by molar-refractivity contribution is -0.129. The van der Waals surface area contributed by atoms with Crippen molar-refractivity contribution in [2.75, 3.05) is 13.1 Å². The minimum absolute atomic E-state index is 0.0265. The molecule has 2 rings (SSSR count). The van der Waals surface area contributed by atoms with Crippen molar-refractivity contribution in [2.45, 2.75) is 42.9 Å². The fraction of sp³-hybridized carbons (Fsp3) is 0.533. The van der Waals surface area contributed by atoms with Crippen molar-refractivity contribution in [1.29, 1.82) is 0 Å². The number of rotatable bonds is 4. The molecule has 1 saturated heterocycles. The quantitative estimate of drug-likeness (QED) is 0.861. The van der Waals surface area contributed by atoms with Crippen molar-refractivity contribution >= 4 is 17.7 Å². The fourth-order valence-electron chi connectivity index (χ4n) is 2.32. The first-order chi connectivity index (χ1) is 9.08. The van der Waals surface area contributed by atoms with Crippen LogP contribution in [-0.4, -0.2) is 29.1 Å². The molecule has 4 heteroatoms. The van der Waals surface area contributed by atoms with E-state index in [2.05, 4.69) is 6.07 Å². The Morgan fingerprint density at radius 2 is 2.00 bits per heavy atom. The molecule has 2 unspecified atom stereocenters. The van der Waals surface area contributed by atoms with Gasteiger partial charge in [0.25, 0.3) is 0 Å². The van der Waals surface area contributed by atoms with Crippen molar-refractivity contribution < 1.29 is 4.79 Å². The lowest BCUT2D eigenvalue weighted by Gasteiger charge is -2.20. The summed E-state index contributed by atoms with van der Waals surface area (Å²) in [7, 11) is 0. The van der Waals surface area contributed by atoms with Gasteiger partial charge in [0, 0.05) is 24.0 Å². The van der Waals surface area contributed by atoms with E-state index in [0.717, 1.165) is 36.4 Å². The molecule has 0 saturated carbocycles. The molecule has 1 aliphatic heterocycles. The molecular weight excluding hydrogens is 256 g/mol. The number of carbonyl (C=O) groups excluding carboxylic acids is 1. The number of likely N-dealkylation sites (tertiary alicyclic amines) is 1. The van der Waals surface area contributed by atoms with Crippen LogP contribution in [0.2, 0.25) is 0 Å². The van der Waals surface area contributed by atoms with E-state index in [1.165, 1.54) is 0 Å². The monoisotopic (exact) mass is 278 g/mol. The Hall–Kier alpha value is -1.00. The van der Waals surface area contributed by atoms with E-state index < -0.39 is 0 Å². The summed E-state index contributed by atoms with van der Waals surface area (Å²) in [4.78, 5) is 15.3. The van der Waals surface area contributed by atoms with Crippen LogP contribution in [0, 0.1) is 0 Å². The average Bonchev–Trinajstić information content (AvgIpc) is 2.92. The van der Waals surface area contributed by atoms with Gasteiger partial charge >= 0.3 is 0 Å². The number of nitrogens with zero attached hydrogens (tertiary/aromatic N) is 1. The number of hydrogen-bond acceptors (Lipinski definition) is 3. The van der Waals surface area contributed by atoms with Gasteiger partial charge in [-0.1, -0.05) is 12.1 Å². The lowest BCUT2D eigenvalue weighted by Crippen LogP contribution is -2.33. The van der Waals surface area contributed by atoms with Gasteiger partial charge in [-0.25, -0.2) is 0 Å². The lowest BCUT2D eigenvalue weighted by atomic mass is 10.1. The molecule has 1 aromatic carbocycles. The van der Waals surface area contributed by atoms with Gasteiger partial charge < -0.3 is 10.6 Å². The molecule has 0 bridgehead atoms. The van der Waals surface area contributed by atoms with E-state index in [-0.39, 0.29) is 17.2 Å². The molecular formula is C15H22N2OS. The van der Waals surface area contributed by atoms with Crippen LogP contribution in [0.3, 0.4) is 0 Å². The minimum Gasteiger partial charge on any atom is -0.342 e. The first-order valence-corrected chi connectivity index (χ1v) is 7.77. The Kier molecular flexibility index (Phi) is 4.88. The maximum Gasteiger partial charge on any atom is 0.235 e. The second-order valence-corrected chi connectivity index (χ2v) is 6.57. The Morgan fingerprint density at radius 1 is 1.32 bits per heavy atom. The van der Waals surface area contributed by atoms with Crippen LogP contribution in [-0.2, 0) is 4.79 Å². The SMILES string of the molecule is CC(Sc1cccc(C(C)N)c1)C(=O)N1CCCC1. The van der Waals surface area contributed by atoms with Gasteiger partial charge in [-0.15, -0.1) is 11.8 Å². The van der Waals surface area contributed by atoms with Crippen molar-refractivity contribution in [1.82, 2.24) is 4.90 Å². The topological polar surface area (TPSA) is 46.3 Å². The molecule has 1 heterocycles. The van der Waals surface area contributed by atoms with Crippen LogP contribution in [0.25, 0.3) is 0 Å². The van der Waals surface area contributed by atoms with Crippen LogP contribution < -0.4 is 5.73 Å². The largest absolute Gasteiger partial charge is 0.342 e. The van der Waals surface area contributed by atoms with E-state index in [9.17, 15) is 4.79 Å². The van der Waals surface area contributed by atoms with Crippen molar-refractivity contribution in [3.8, 4) is 0 Å². The predicted octanol–water partition coefficient (Wildman–Crippen LogP) is 2.81. The van der Waals surface area contributed by atoms with E-state index in [4.69, 9.17) is 5.73 Å². The van der Waals surface area contributed by atoms with E-state index >= 15 is 0 Å². The third kappa shape index (κ3) is 3.74. The Morgan fingerprint density at radius 3 is 2.63 bits per heavy atom. The summed E-state index contributed by atoms with van der Waals surface area (Å²) in [6.07, 6.45) is 2.28. The molecule has 104 valence electrons. The predicted molar refractivity (Wildman–Crippen MR) is 80.2 cm³/mol. The van der Waals surface area contributed by atoms with Gasteiger partial charge in [0.15, 0.2) is 0 Å². The second-order valence-electron chi connectivity index (χ2n) is 5.15. The highest BCUT2D eigenvalue weighted by molar-refractivity contribution is 8.00. The van der Waals surface area contributed by atoms with E-state index in [1.54, 1.807) is 11.8 Å². The van der Waals surface area contributed by atoms with Gasteiger partial charge in [0.05, 0.1) is 5.25 Å². The van der Waals surface area contributed by atoms with Gasteiger partial charge in [-0.3, -0.25) is 4.79 Å².